The Morgan fingerprint density at radius 1 is 0.914 bits per heavy atom. The van der Waals surface area contributed by atoms with Crippen molar-refractivity contribution in [2.75, 3.05) is 18.1 Å². The first kappa shape index (κ1) is 23.2. The number of nitrogens with zero attached hydrogens (tertiary/aromatic N) is 3. The van der Waals surface area contributed by atoms with Crippen molar-refractivity contribution < 1.29 is 9.53 Å². The Morgan fingerprint density at radius 3 is 2.29 bits per heavy atom. The van der Waals surface area contributed by atoms with E-state index in [-0.39, 0.29) is 11.8 Å². The van der Waals surface area contributed by atoms with Crippen LogP contribution in [0.15, 0.2) is 60.7 Å². The van der Waals surface area contributed by atoms with E-state index >= 15 is 0 Å². The quantitative estimate of drug-likeness (QED) is 0.301. The van der Waals surface area contributed by atoms with Crippen molar-refractivity contribution in [1.29, 1.82) is 0 Å². The van der Waals surface area contributed by atoms with Gasteiger partial charge in [0.15, 0.2) is 0 Å². The number of anilines is 1. The Kier molecular flexibility index (Phi) is 6.33. The minimum atomic E-state index is 0.0658. The van der Waals surface area contributed by atoms with Crippen LogP contribution < -0.4 is 9.64 Å². The highest BCUT2D eigenvalue weighted by Crippen LogP contribution is 2.34. The number of hydrogen-bond donors (Lipinski definition) is 0. The smallest absolute Gasteiger partial charge is 0.227 e. The molecule has 0 saturated carbocycles. The summed E-state index contributed by atoms with van der Waals surface area (Å²) in [6, 6.07) is 20.9. The summed E-state index contributed by atoms with van der Waals surface area (Å²) < 4.78 is 8.36. The summed E-state index contributed by atoms with van der Waals surface area (Å²) in [5, 5.41) is 0. The third-order valence-corrected chi connectivity index (χ3v) is 6.68. The summed E-state index contributed by atoms with van der Waals surface area (Å²) in [6.07, 6.45) is 1.34. The van der Waals surface area contributed by atoms with Gasteiger partial charge in [-0.15, -0.1) is 0 Å². The minimum absolute atomic E-state index is 0.0658. The summed E-state index contributed by atoms with van der Waals surface area (Å²) in [5.74, 6) is 2.15. The molecule has 1 fully saturated rings. The molecule has 180 valence electrons. The van der Waals surface area contributed by atoms with Gasteiger partial charge in [0.25, 0.3) is 0 Å². The summed E-state index contributed by atoms with van der Waals surface area (Å²) in [4.78, 5) is 20.0. The number of carbonyl (C=O) groups is 1. The van der Waals surface area contributed by atoms with E-state index < -0.39 is 0 Å². The topological polar surface area (TPSA) is 47.4 Å². The van der Waals surface area contributed by atoms with Crippen LogP contribution in [0.1, 0.15) is 46.8 Å². The molecule has 5 rings (SSSR count). The number of amides is 1. The Hall–Kier alpha value is -3.60. The largest absolute Gasteiger partial charge is 0.494 e. The van der Waals surface area contributed by atoms with E-state index in [1.54, 1.807) is 0 Å². The summed E-state index contributed by atoms with van der Waals surface area (Å²) >= 11 is 0. The number of rotatable bonds is 7. The number of aromatic nitrogens is 2. The summed E-state index contributed by atoms with van der Waals surface area (Å²) in [7, 11) is 0. The number of para-hydroxylation sites is 2. The molecule has 1 atom stereocenters. The lowest BCUT2D eigenvalue weighted by Crippen LogP contribution is -2.24. The molecule has 35 heavy (non-hydrogen) atoms. The third kappa shape index (κ3) is 4.95. The summed E-state index contributed by atoms with van der Waals surface area (Å²) in [5.41, 5.74) is 7.85. The molecule has 1 unspecified atom stereocenters. The normalized spacial score (nSPS) is 15.8. The van der Waals surface area contributed by atoms with Gasteiger partial charge in [0, 0.05) is 31.1 Å². The van der Waals surface area contributed by atoms with Gasteiger partial charge < -0.3 is 14.2 Å². The molecule has 2 heterocycles. The molecule has 1 saturated heterocycles. The predicted molar refractivity (Wildman–Crippen MR) is 141 cm³/mol. The van der Waals surface area contributed by atoms with E-state index in [0.29, 0.717) is 19.6 Å². The van der Waals surface area contributed by atoms with Gasteiger partial charge in [-0.25, -0.2) is 4.98 Å². The van der Waals surface area contributed by atoms with Crippen LogP contribution in [0.4, 0.5) is 5.69 Å². The molecular formula is C30H33N3O2. The van der Waals surface area contributed by atoms with Crippen molar-refractivity contribution in [2.45, 2.75) is 53.0 Å². The van der Waals surface area contributed by atoms with E-state index in [9.17, 15) is 4.79 Å². The molecular weight excluding hydrogens is 434 g/mol. The van der Waals surface area contributed by atoms with Crippen LogP contribution in [0.3, 0.4) is 0 Å². The average molecular weight is 468 g/mol. The fraction of sp³-hybridized carbons (Fsp3) is 0.333. The fourth-order valence-electron chi connectivity index (χ4n) is 5.31. The number of carbonyl (C=O) groups excluding carboxylic acids is 1. The zero-order valence-corrected chi connectivity index (χ0v) is 21.0. The molecule has 1 aliphatic heterocycles. The second kappa shape index (κ2) is 9.57. The number of ether oxygens (including phenoxy) is 1. The molecule has 1 aromatic heterocycles. The second-order valence-electron chi connectivity index (χ2n) is 9.89. The number of fused-ring (bicyclic) bond motifs is 1. The van der Waals surface area contributed by atoms with Crippen molar-refractivity contribution in [1.82, 2.24) is 9.55 Å². The van der Waals surface area contributed by atoms with Crippen LogP contribution >= 0.6 is 0 Å². The van der Waals surface area contributed by atoms with Gasteiger partial charge in [0.2, 0.25) is 5.91 Å². The van der Waals surface area contributed by atoms with Crippen LogP contribution in [0.25, 0.3) is 11.0 Å². The van der Waals surface area contributed by atoms with Crippen molar-refractivity contribution in [3.63, 3.8) is 0 Å². The molecule has 3 aromatic carbocycles. The van der Waals surface area contributed by atoms with E-state index in [2.05, 4.69) is 86.9 Å². The standard InChI is InChI=1S/C30H33N3O2/c1-20-12-21(2)15-25(14-20)33-19-24(18-29(33)34)30-31-27-8-5-6-9-28(27)32(30)10-7-11-35-26-16-22(3)13-23(4)17-26/h5-6,8-9,12-17,24H,7,10-11,18-19H2,1-4H3. The van der Waals surface area contributed by atoms with Gasteiger partial charge in [-0.05, 0) is 92.8 Å². The predicted octanol–water partition coefficient (Wildman–Crippen LogP) is 6.26. The van der Waals surface area contributed by atoms with Gasteiger partial charge in [-0.3, -0.25) is 4.79 Å². The monoisotopic (exact) mass is 467 g/mol. The van der Waals surface area contributed by atoms with Crippen LogP contribution in [-0.2, 0) is 11.3 Å². The molecule has 4 aromatic rings. The molecule has 0 N–H and O–H groups in total. The van der Waals surface area contributed by atoms with Gasteiger partial charge in [0.05, 0.1) is 17.6 Å². The molecule has 0 bridgehead atoms. The minimum Gasteiger partial charge on any atom is -0.494 e. The first-order chi connectivity index (χ1) is 16.9. The Bertz CT molecular complexity index is 1350. The van der Waals surface area contributed by atoms with Crippen LogP contribution in [0, 0.1) is 27.7 Å². The molecule has 5 heteroatoms. The number of aryl methyl sites for hydroxylation is 5. The van der Waals surface area contributed by atoms with Crippen molar-refractivity contribution in [2.24, 2.45) is 0 Å². The molecule has 1 aliphatic rings. The third-order valence-electron chi connectivity index (χ3n) is 6.68. The molecule has 0 spiro atoms. The summed E-state index contributed by atoms with van der Waals surface area (Å²) in [6.45, 7) is 10.4. The van der Waals surface area contributed by atoms with Crippen molar-refractivity contribution in [3.05, 3.63) is 88.7 Å². The Morgan fingerprint density at radius 2 is 1.57 bits per heavy atom. The Labute approximate surface area is 207 Å². The fourth-order valence-corrected chi connectivity index (χ4v) is 5.31. The highest BCUT2D eigenvalue weighted by Gasteiger charge is 2.35. The average Bonchev–Trinajstić information content (AvgIpc) is 3.36. The van der Waals surface area contributed by atoms with Crippen molar-refractivity contribution in [3.8, 4) is 5.75 Å². The maximum Gasteiger partial charge on any atom is 0.227 e. The molecule has 5 nitrogen and oxygen atoms in total. The Balaban J connectivity index is 1.35. The number of benzene rings is 3. The van der Waals surface area contributed by atoms with Gasteiger partial charge >= 0.3 is 0 Å². The van der Waals surface area contributed by atoms with Gasteiger partial charge in [-0.2, -0.15) is 0 Å². The zero-order chi connectivity index (χ0) is 24.5. The van der Waals surface area contributed by atoms with Crippen LogP contribution in [0.5, 0.6) is 5.75 Å². The van der Waals surface area contributed by atoms with Gasteiger partial charge in [0.1, 0.15) is 11.6 Å². The van der Waals surface area contributed by atoms with Crippen LogP contribution in [0.2, 0.25) is 0 Å². The van der Waals surface area contributed by atoms with E-state index in [1.165, 1.54) is 22.3 Å². The maximum atomic E-state index is 13.0. The maximum absolute atomic E-state index is 13.0. The number of imidazole rings is 1. The highest BCUT2D eigenvalue weighted by atomic mass is 16.5. The second-order valence-corrected chi connectivity index (χ2v) is 9.89. The van der Waals surface area contributed by atoms with Gasteiger partial charge in [-0.1, -0.05) is 24.3 Å². The first-order valence-corrected chi connectivity index (χ1v) is 12.4. The molecule has 0 aliphatic carbocycles. The van der Waals surface area contributed by atoms with E-state index in [0.717, 1.165) is 41.3 Å². The lowest BCUT2D eigenvalue weighted by Gasteiger charge is -2.19. The molecule has 0 radical (unpaired) electrons. The van der Waals surface area contributed by atoms with Crippen LogP contribution in [-0.4, -0.2) is 28.6 Å². The molecule has 1 amide bonds. The van der Waals surface area contributed by atoms with E-state index in [1.807, 2.05) is 11.0 Å². The van der Waals surface area contributed by atoms with E-state index in [4.69, 9.17) is 9.72 Å². The first-order valence-electron chi connectivity index (χ1n) is 12.4. The van der Waals surface area contributed by atoms with Crippen molar-refractivity contribution >= 4 is 22.6 Å². The highest BCUT2D eigenvalue weighted by molar-refractivity contribution is 5.96. The lowest BCUT2D eigenvalue weighted by molar-refractivity contribution is -0.117. The number of hydrogen-bond acceptors (Lipinski definition) is 3. The lowest BCUT2D eigenvalue weighted by atomic mass is 10.1. The zero-order valence-electron chi connectivity index (χ0n) is 21.0. The SMILES string of the molecule is Cc1cc(C)cc(OCCCn2c(C3CC(=O)N(c4cc(C)cc(C)c4)C3)nc3ccccc32)c1.